The van der Waals surface area contributed by atoms with E-state index in [0.717, 1.165) is 12.0 Å². The second-order valence-electron chi connectivity index (χ2n) is 6.37. The van der Waals surface area contributed by atoms with Gasteiger partial charge < -0.3 is 10.4 Å². The Balaban J connectivity index is 1.79. The Morgan fingerprint density at radius 2 is 2.05 bits per heavy atom. The Kier molecular flexibility index (Phi) is 3.46. The van der Waals surface area contributed by atoms with Crippen LogP contribution in [-0.2, 0) is 4.79 Å². The Morgan fingerprint density at radius 3 is 2.76 bits per heavy atom. The molecule has 0 spiro atoms. The van der Waals surface area contributed by atoms with Gasteiger partial charge in [0.05, 0.1) is 6.04 Å². The van der Waals surface area contributed by atoms with Crippen LogP contribution in [0.2, 0.25) is 0 Å². The fraction of sp³-hybridized carbons (Fsp3) is 0.389. The largest absolute Gasteiger partial charge is 0.396 e. The quantitative estimate of drug-likeness (QED) is 0.906. The number of aliphatic hydroxyl groups excluding tert-OH is 1. The third-order valence-corrected chi connectivity index (χ3v) is 4.68. The van der Waals surface area contributed by atoms with Crippen LogP contribution in [0.5, 0.6) is 0 Å². The van der Waals surface area contributed by atoms with Crippen molar-refractivity contribution in [3.8, 4) is 0 Å². The maximum atomic E-state index is 12.3. The Bertz CT molecular complexity index is 676. The first kappa shape index (κ1) is 14.1. The zero-order valence-electron chi connectivity index (χ0n) is 12.5. The van der Waals surface area contributed by atoms with Crippen LogP contribution in [0.4, 0.5) is 0 Å². The van der Waals surface area contributed by atoms with E-state index in [1.807, 2.05) is 32.0 Å². The molecule has 3 heteroatoms. The number of hydrogen-bond donors (Lipinski definition) is 2. The molecule has 1 aliphatic carbocycles. The molecule has 0 aromatic heterocycles. The lowest BCUT2D eigenvalue weighted by Crippen LogP contribution is -2.30. The molecule has 2 N–H and O–H groups in total. The van der Waals surface area contributed by atoms with Crippen LogP contribution >= 0.6 is 0 Å². The van der Waals surface area contributed by atoms with E-state index in [1.165, 1.54) is 10.8 Å². The maximum absolute atomic E-state index is 12.3. The summed E-state index contributed by atoms with van der Waals surface area (Å²) in [5, 5.41) is 14.7. The molecule has 0 aliphatic heterocycles. The predicted molar refractivity (Wildman–Crippen MR) is 83.8 cm³/mol. The van der Waals surface area contributed by atoms with Crippen LogP contribution in [-0.4, -0.2) is 17.6 Å². The second-order valence-corrected chi connectivity index (χ2v) is 6.37. The zero-order chi connectivity index (χ0) is 15.0. The molecular weight excluding hydrogens is 262 g/mol. The number of carbonyl (C=O) groups is 1. The molecule has 0 saturated heterocycles. The van der Waals surface area contributed by atoms with Crippen molar-refractivity contribution in [3.63, 3.8) is 0 Å². The molecule has 0 bridgehead atoms. The van der Waals surface area contributed by atoms with E-state index in [2.05, 4.69) is 29.6 Å². The standard InChI is InChI=1S/C18H21NO2/c1-12(19-17(21)16-10-18(16,2)11-20)14-9-5-7-13-6-3-4-8-15(13)14/h3-9,12,16,20H,10-11H2,1-2H3,(H,19,21)/t12-,16+,18-/m1/s1. The average Bonchev–Trinajstić information content (AvgIpc) is 3.19. The van der Waals surface area contributed by atoms with Gasteiger partial charge in [-0.2, -0.15) is 0 Å². The smallest absolute Gasteiger partial charge is 0.224 e. The highest BCUT2D eigenvalue weighted by atomic mass is 16.3. The van der Waals surface area contributed by atoms with E-state index >= 15 is 0 Å². The number of hydrogen-bond acceptors (Lipinski definition) is 2. The van der Waals surface area contributed by atoms with Crippen molar-refractivity contribution in [2.45, 2.75) is 26.3 Å². The van der Waals surface area contributed by atoms with E-state index in [0.29, 0.717) is 0 Å². The third-order valence-electron chi connectivity index (χ3n) is 4.68. The van der Waals surface area contributed by atoms with Crippen LogP contribution in [0.3, 0.4) is 0 Å². The van der Waals surface area contributed by atoms with Gasteiger partial charge in [-0.05, 0) is 29.7 Å². The van der Waals surface area contributed by atoms with Gasteiger partial charge >= 0.3 is 0 Å². The van der Waals surface area contributed by atoms with Crippen LogP contribution in [0.1, 0.15) is 31.9 Å². The summed E-state index contributed by atoms with van der Waals surface area (Å²) in [5.74, 6) is -0.00749. The van der Waals surface area contributed by atoms with Crippen molar-refractivity contribution in [2.24, 2.45) is 11.3 Å². The molecule has 0 heterocycles. The molecule has 1 saturated carbocycles. The SMILES string of the molecule is C[C@@H](NC(=O)[C@@H]1C[C@]1(C)CO)c1cccc2ccccc12. The van der Waals surface area contributed by atoms with Gasteiger partial charge in [-0.15, -0.1) is 0 Å². The molecule has 1 fully saturated rings. The van der Waals surface area contributed by atoms with Gasteiger partial charge in [0.1, 0.15) is 0 Å². The highest BCUT2D eigenvalue weighted by molar-refractivity contribution is 5.87. The summed E-state index contributed by atoms with van der Waals surface area (Å²) in [5.41, 5.74) is 0.913. The Labute approximate surface area is 125 Å². The summed E-state index contributed by atoms with van der Waals surface area (Å²) in [7, 11) is 0. The number of amides is 1. The average molecular weight is 283 g/mol. The molecule has 2 aromatic carbocycles. The predicted octanol–water partition coefficient (Wildman–Crippen LogP) is 3.04. The molecule has 21 heavy (non-hydrogen) atoms. The Morgan fingerprint density at radius 1 is 1.33 bits per heavy atom. The lowest BCUT2D eigenvalue weighted by Gasteiger charge is -2.17. The first-order chi connectivity index (χ1) is 10.0. The molecule has 0 radical (unpaired) electrons. The molecule has 0 unspecified atom stereocenters. The topological polar surface area (TPSA) is 49.3 Å². The minimum Gasteiger partial charge on any atom is -0.396 e. The molecule has 1 amide bonds. The first-order valence-corrected chi connectivity index (χ1v) is 7.44. The van der Waals surface area contributed by atoms with Crippen LogP contribution in [0.15, 0.2) is 42.5 Å². The van der Waals surface area contributed by atoms with E-state index in [-0.39, 0.29) is 29.9 Å². The molecule has 3 nitrogen and oxygen atoms in total. The lowest BCUT2D eigenvalue weighted by atomic mass is 9.99. The number of carbonyl (C=O) groups excluding carboxylic acids is 1. The van der Waals surface area contributed by atoms with E-state index in [9.17, 15) is 9.90 Å². The van der Waals surface area contributed by atoms with Gasteiger partial charge in [0.2, 0.25) is 5.91 Å². The van der Waals surface area contributed by atoms with Crippen molar-refractivity contribution in [3.05, 3.63) is 48.0 Å². The second kappa shape index (κ2) is 5.15. The van der Waals surface area contributed by atoms with Gasteiger partial charge in [0.25, 0.3) is 0 Å². The van der Waals surface area contributed by atoms with E-state index in [4.69, 9.17) is 0 Å². The van der Waals surface area contributed by atoms with Crippen molar-refractivity contribution >= 4 is 16.7 Å². The van der Waals surface area contributed by atoms with Gasteiger partial charge in [-0.25, -0.2) is 0 Å². The number of fused-ring (bicyclic) bond motifs is 1. The molecular formula is C18H21NO2. The normalized spacial score (nSPS) is 25.6. The molecule has 1 aliphatic rings. The minimum absolute atomic E-state index is 0.0351. The van der Waals surface area contributed by atoms with Crippen molar-refractivity contribution in [1.29, 1.82) is 0 Å². The van der Waals surface area contributed by atoms with E-state index < -0.39 is 0 Å². The third kappa shape index (κ3) is 2.54. The number of nitrogens with one attached hydrogen (secondary N) is 1. The highest BCUT2D eigenvalue weighted by Gasteiger charge is 2.54. The monoisotopic (exact) mass is 283 g/mol. The van der Waals surface area contributed by atoms with Gasteiger partial charge in [-0.1, -0.05) is 49.4 Å². The van der Waals surface area contributed by atoms with Gasteiger partial charge in [0, 0.05) is 17.9 Å². The summed E-state index contributed by atoms with van der Waals surface area (Å²) in [6.45, 7) is 4.05. The first-order valence-electron chi connectivity index (χ1n) is 7.44. The van der Waals surface area contributed by atoms with Crippen LogP contribution < -0.4 is 5.32 Å². The molecule has 3 rings (SSSR count). The number of aliphatic hydroxyl groups is 1. The van der Waals surface area contributed by atoms with Crippen LogP contribution in [0.25, 0.3) is 10.8 Å². The van der Waals surface area contributed by atoms with Crippen molar-refractivity contribution < 1.29 is 9.90 Å². The zero-order valence-corrected chi connectivity index (χ0v) is 12.5. The van der Waals surface area contributed by atoms with Gasteiger partial charge in [-0.3, -0.25) is 4.79 Å². The fourth-order valence-electron chi connectivity index (χ4n) is 3.01. The van der Waals surface area contributed by atoms with Crippen molar-refractivity contribution in [2.75, 3.05) is 6.61 Å². The van der Waals surface area contributed by atoms with Gasteiger partial charge in [0.15, 0.2) is 0 Å². The summed E-state index contributed by atoms with van der Waals surface area (Å²) in [6.07, 6.45) is 0.775. The fourth-order valence-corrected chi connectivity index (χ4v) is 3.01. The lowest BCUT2D eigenvalue weighted by molar-refractivity contribution is -0.123. The van der Waals surface area contributed by atoms with E-state index in [1.54, 1.807) is 0 Å². The highest BCUT2D eigenvalue weighted by Crippen LogP contribution is 2.51. The minimum atomic E-state index is -0.220. The summed E-state index contributed by atoms with van der Waals surface area (Å²) < 4.78 is 0. The van der Waals surface area contributed by atoms with Crippen molar-refractivity contribution in [1.82, 2.24) is 5.32 Å². The number of benzene rings is 2. The Hall–Kier alpha value is -1.87. The number of rotatable bonds is 4. The molecule has 3 atom stereocenters. The molecule has 2 aromatic rings. The summed E-state index contributed by atoms with van der Waals surface area (Å²) in [6, 6.07) is 14.3. The maximum Gasteiger partial charge on any atom is 0.224 e. The summed E-state index contributed by atoms with van der Waals surface area (Å²) in [4.78, 5) is 12.3. The molecule has 110 valence electrons. The summed E-state index contributed by atoms with van der Waals surface area (Å²) >= 11 is 0. The van der Waals surface area contributed by atoms with Crippen LogP contribution in [0, 0.1) is 11.3 Å².